The Morgan fingerprint density at radius 2 is 1.25 bits per heavy atom. The van der Waals surface area contributed by atoms with E-state index in [0.717, 1.165) is 40.2 Å². The number of aliphatic hydroxyl groups is 2. The molecule has 0 bridgehead atoms. The number of hydrogen-bond acceptors (Lipinski definition) is 5. The zero-order chi connectivity index (χ0) is 23.7. The first-order valence-corrected chi connectivity index (χ1v) is 11.2. The highest BCUT2D eigenvalue weighted by atomic mass is 35.5. The Morgan fingerprint density at radius 1 is 0.812 bits per heavy atom. The van der Waals surface area contributed by atoms with Crippen molar-refractivity contribution in [2.45, 2.75) is 46.3 Å². The fourth-order valence-corrected chi connectivity index (χ4v) is 3.77. The predicted molar refractivity (Wildman–Crippen MR) is 128 cm³/mol. The number of aliphatic hydroxyl groups excluding tert-OH is 2. The molecular weight excluding hydrogens is 428 g/mol. The van der Waals surface area contributed by atoms with Gasteiger partial charge in [0.15, 0.2) is 0 Å². The van der Waals surface area contributed by atoms with Crippen LogP contribution in [0.2, 0.25) is 0 Å². The number of benzene rings is 2. The van der Waals surface area contributed by atoms with Crippen LogP contribution in [0.15, 0.2) is 24.3 Å². The van der Waals surface area contributed by atoms with Gasteiger partial charge in [0.1, 0.15) is 43.5 Å². The molecule has 0 unspecified atom stereocenters. The number of terminal acetylenes is 1. The molecule has 2 rings (SSSR count). The van der Waals surface area contributed by atoms with Gasteiger partial charge in [-0.1, -0.05) is 30.2 Å². The first kappa shape index (κ1) is 26.0. The van der Waals surface area contributed by atoms with E-state index in [1.54, 1.807) is 0 Å². The van der Waals surface area contributed by atoms with E-state index < -0.39 is 12.2 Å². The van der Waals surface area contributed by atoms with Gasteiger partial charge in [-0.05, 0) is 67.5 Å². The van der Waals surface area contributed by atoms with E-state index in [4.69, 9.17) is 32.2 Å². The molecule has 0 aliphatic rings. The van der Waals surface area contributed by atoms with Crippen molar-refractivity contribution in [3.8, 4) is 23.8 Å². The minimum Gasteiger partial charge on any atom is -0.490 e. The van der Waals surface area contributed by atoms with Crippen molar-refractivity contribution in [3.63, 3.8) is 0 Å². The molecule has 5 nitrogen and oxygen atoms in total. The highest BCUT2D eigenvalue weighted by Gasteiger charge is 2.13. The summed E-state index contributed by atoms with van der Waals surface area (Å²) < 4.78 is 16.8. The van der Waals surface area contributed by atoms with Crippen molar-refractivity contribution in [2.75, 3.05) is 32.3 Å². The lowest BCUT2D eigenvalue weighted by atomic mass is 9.97. The number of halogens is 1. The second kappa shape index (κ2) is 12.7. The molecule has 0 saturated heterocycles. The Kier molecular flexibility index (Phi) is 10.3. The van der Waals surface area contributed by atoms with Gasteiger partial charge < -0.3 is 24.4 Å². The lowest BCUT2D eigenvalue weighted by Gasteiger charge is -2.18. The smallest absolute Gasteiger partial charge is 0.125 e. The molecule has 0 fully saturated rings. The first-order chi connectivity index (χ1) is 15.2. The normalized spacial score (nSPS) is 12.8. The van der Waals surface area contributed by atoms with Crippen LogP contribution in [0.4, 0.5) is 0 Å². The Bertz CT molecular complexity index is 888. The molecule has 0 aliphatic carbocycles. The van der Waals surface area contributed by atoms with Crippen LogP contribution in [0, 0.1) is 40.0 Å². The predicted octanol–water partition coefficient (Wildman–Crippen LogP) is 3.88. The number of aryl methyl sites for hydroxylation is 4. The van der Waals surface area contributed by atoms with Crippen LogP contribution in [0.25, 0.3) is 0 Å². The molecule has 174 valence electrons. The number of ether oxygens (including phenoxy) is 3. The molecule has 32 heavy (non-hydrogen) atoms. The van der Waals surface area contributed by atoms with Crippen molar-refractivity contribution >= 4 is 11.6 Å². The Morgan fingerprint density at radius 3 is 1.66 bits per heavy atom. The average Bonchev–Trinajstić information content (AvgIpc) is 2.72. The third-order valence-electron chi connectivity index (χ3n) is 4.96. The van der Waals surface area contributed by atoms with E-state index in [9.17, 15) is 10.2 Å². The summed E-state index contributed by atoms with van der Waals surface area (Å²) >= 11 is 5.65. The standard InChI is InChI=1S/C26H33ClO5/c1-6-7-30-14-24(29)16-32-26-19(4)10-22(11-20(26)5)12-21-8-17(2)25(18(3)9-21)31-15-23(28)13-27/h1,8-11,23-24,28-29H,7,12-16H2,2-5H3/t23-,24-/m1/s1. The fourth-order valence-electron chi connectivity index (χ4n) is 3.68. The van der Waals surface area contributed by atoms with Gasteiger partial charge in [-0.25, -0.2) is 0 Å². The third kappa shape index (κ3) is 7.72. The molecule has 0 radical (unpaired) electrons. The molecule has 0 amide bonds. The summed E-state index contributed by atoms with van der Waals surface area (Å²) in [6.07, 6.45) is 4.49. The molecule has 0 saturated carbocycles. The lowest BCUT2D eigenvalue weighted by molar-refractivity contribution is 0.0226. The van der Waals surface area contributed by atoms with Gasteiger partial charge in [0.2, 0.25) is 0 Å². The summed E-state index contributed by atoms with van der Waals surface area (Å²) in [7, 11) is 0. The van der Waals surface area contributed by atoms with Crippen LogP contribution in [-0.4, -0.2) is 54.7 Å². The van der Waals surface area contributed by atoms with Gasteiger partial charge in [-0.3, -0.25) is 0 Å². The van der Waals surface area contributed by atoms with E-state index in [0.29, 0.717) is 0 Å². The second-order valence-corrected chi connectivity index (χ2v) is 8.41. The monoisotopic (exact) mass is 460 g/mol. The van der Waals surface area contributed by atoms with Crippen LogP contribution in [0.3, 0.4) is 0 Å². The largest absolute Gasteiger partial charge is 0.490 e. The Hall–Kier alpha value is -2.23. The van der Waals surface area contributed by atoms with Gasteiger partial charge >= 0.3 is 0 Å². The number of rotatable bonds is 12. The van der Waals surface area contributed by atoms with Crippen molar-refractivity contribution in [1.29, 1.82) is 0 Å². The summed E-state index contributed by atoms with van der Waals surface area (Å²) in [5.41, 5.74) is 6.43. The molecule has 0 spiro atoms. The van der Waals surface area contributed by atoms with Crippen LogP contribution in [0.1, 0.15) is 33.4 Å². The SMILES string of the molecule is C#CCOC[C@@H](O)COc1c(C)cc(Cc2cc(C)c(OC[C@H](O)CCl)c(C)c2)cc1C. The van der Waals surface area contributed by atoms with Gasteiger partial charge in [-0.15, -0.1) is 18.0 Å². The summed E-state index contributed by atoms with van der Waals surface area (Å²) in [6.45, 7) is 8.65. The lowest BCUT2D eigenvalue weighted by Crippen LogP contribution is -2.24. The number of alkyl halides is 1. The van der Waals surface area contributed by atoms with Gasteiger partial charge in [0, 0.05) is 0 Å². The van der Waals surface area contributed by atoms with Crippen LogP contribution in [0.5, 0.6) is 11.5 Å². The summed E-state index contributed by atoms with van der Waals surface area (Å²) in [4.78, 5) is 0. The molecule has 2 aromatic rings. The van der Waals surface area contributed by atoms with Crippen molar-refractivity contribution < 1.29 is 24.4 Å². The van der Waals surface area contributed by atoms with Gasteiger partial charge in [0.05, 0.1) is 12.5 Å². The highest BCUT2D eigenvalue weighted by molar-refractivity contribution is 6.18. The van der Waals surface area contributed by atoms with Crippen molar-refractivity contribution in [1.82, 2.24) is 0 Å². The molecular formula is C26H33ClO5. The van der Waals surface area contributed by atoms with E-state index in [1.165, 1.54) is 11.1 Å². The third-order valence-corrected chi connectivity index (χ3v) is 5.32. The molecule has 2 N–H and O–H groups in total. The Balaban J connectivity index is 2.06. The van der Waals surface area contributed by atoms with E-state index >= 15 is 0 Å². The topological polar surface area (TPSA) is 68.2 Å². The molecule has 0 aliphatic heterocycles. The van der Waals surface area contributed by atoms with E-state index in [2.05, 4.69) is 30.2 Å². The summed E-state index contributed by atoms with van der Waals surface area (Å²) in [5.74, 6) is 4.08. The molecule has 0 heterocycles. The van der Waals surface area contributed by atoms with E-state index in [-0.39, 0.29) is 32.3 Å². The molecule has 2 atom stereocenters. The first-order valence-electron chi connectivity index (χ1n) is 10.6. The second-order valence-electron chi connectivity index (χ2n) is 8.10. The Labute approximate surface area is 196 Å². The molecule has 6 heteroatoms. The maximum Gasteiger partial charge on any atom is 0.125 e. The summed E-state index contributed by atoms with van der Waals surface area (Å²) in [6, 6.07) is 8.43. The van der Waals surface area contributed by atoms with Crippen LogP contribution < -0.4 is 9.47 Å². The average molecular weight is 461 g/mol. The van der Waals surface area contributed by atoms with Crippen LogP contribution >= 0.6 is 11.6 Å². The van der Waals surface area contributed by atoms with Gasteiger partial charge in [-0.2, -0.15) is 0 Å². The van der Waals surface area contributed by atoms with Crippen LogP contribution in [-0.2, 0) is 11.2 Å². The maximum absolute atomic E-state index is 9.98. The highest BCUT2D eigenvalue weighted by Crippen LogP contribution is 2.29. The zero-order valence-corrected chi connectivity index (χ0v) is 20.0. The maximum atomic E-state index is 9.98. The van der Waals surface area contributed by atoms with Gasteiger partial charge in [0.25, 0.3) is 0 Å². The van der Waals surface area contributed by atoms with Crippen molar-refractivity contribution in [2.24, 2.45) is 0 Å². The zero-order valence-electron chi connectivity index (χ0n) is 19.3. The fraction of sp³-hybridized carbons (Fsp3) is 0.462. The quantitative estimate of drug-likeness (QED) is 0.286. The molecule has 2 aromatic carbocycles. The minimum atomic E-state index is -0.737. The molecule has 0 aromatic heterocycles. The van der Waals surface area contributed by atoms with E-state index in [1.807, 2.05) is 27.7 Å². The minimum absolute atomic E-state index is 0.142. The summed E-state index contributed by atoms with van der Waals surface area (Å²) in [5, 5.41) is 19.6. The number of hydrogen-bond donors (Lipinski definition) is 2. The van der Waals surface area contributed by atoms with Crippen molar-refractivity contribution in [3.05, 3.63) is 57.6 Å².